The van der Waals surface area contributed by atoms with E-state index in [0.717, 1.165) is 33.2 Å². The molecule has 0 saturated carbocycles. The van der Waals surface area contributed by atoms with Gasteiger partial charge in [0.25, 0.3) is 5.91 Å². The van der Waals surface area contributed by atoms with Crippen molar-refractivity contribution in [3.63, 3.8) is 0 Å². The third kappa shape index (κ3) is 5.30. The van der Waals surface area contributed by atoms with E-state index in [1.54, 1.807) is 0 Å². The summed E-state index contributed by atoms with van der Waals surface area (Å²) in [5.41, 5.74) is -0.265. The first-order chi connectivity index (χ1) is 18.2. The van der Waals surface area contributed by atoms with Crippen LogP contribution in [0.15, 0.2) is 83.8 Å². The van der Waals surface area contributed by atoms with Gasteiger partial charge in [-0.25, -0.2) is 0 Å². The first-order valence-electron chi connectivity index (χ1n) is 11.8. The van der Waals surface area contributed by atoms with Crippen LogP contribution in [0.3, 0.4) is 0 Å². The van der Waals surface area contributed by atoms with Gasteiger partial charge >= 0.3 is 6.18 Å². The van der Waals surface area contributed by atoms with E-state index in [2.05, 4.69) is 11.4 Å². The zero-order valence-electron chi connectivity index (χ0n) is 19.9. The maximum Gasteiger partial charge on any atom is 0.418 e. The minimum Gasteiger partial charge on any atom is -0.326 e. The summed E-state index contributed by atoms with van der Waals surface area (Å²) in [5, 5.41) is 6.49. The number of carbonyl (C=O) groups is 2. The highest BCUT2D eigenvalue weighted by Crippen LogP contribution is 2.37. The Bertz CT molecular complexity index is 1560. The Morgan fingerprint density at radius 1 is 0.947 bits per heavy atom. The number of amides is 2. The quantitative estimate of drug-likeness (QED) is 0.152. The number of benzene rings is 4. The minimum absolute atomic E-state index is 0.0593. The summed E-state index contributed by atoms with van der Waals surface area (Å²) in [6, 6.07) is 22.9. The molecule has 1 aliphatic rings. The van der Waals surface area contributed by atoms with E-state index in [1.165, 1.54) is 34.9 Å². The molecule has 4 nitrogen and oxygen atoms in total. The molecular formula is C29H21F3N2O2S2. The van der Waals surface area contributed by atoms with Gasteiger partial charge in [-0.3, -0.25) is 14.5 Å². The van der Waals surface area contributed by atoms with E-state index in [1.807, 2.05) is 54.6 Å². The number of anilines is 1. The smallest absolute Gasteiger partial charge is 0.326 e. The molecule has 1 N–H and O–H groups in total. The summed E-state index contributed by atoms with van der Waals surface area (Å²) in [7, 11) is 0. The second-order valence-corrected chi connectivity index (χ2v) is 10.4. The number of hydrogen-bond donors (Lipinski definition) is 1. The maximum absolute atomic E-state index is 13.2. The van der Waals surface area contributed by atoms with Crippen LogP contribution in [0, 0.1) is 0 Å². The largest absolute Gasteiger partial charge is 0.418 e. The highest BCUT2D eigenvalue weighted by atomic mass is 32.2. The van der Waals surface area contributed by atoms with Gasteiger partial charge < -0.3 is 5.32 Å². The highest BCUT2D eigenvalue weighted by molar-refractivity contribution is 8.26. The maximum atomic E-state index is 13.2. The van der Waals surface area contributed by atoms with Crippen LogP contribution in [-0.4, -0.2) is 27.6 Å². The van der Waals surface area contributed by atoms with Crippen LogP contribution in [0.25, 0.3) is 27.6 Å². The Balaban J connectivity index is 1.30. The van der Waals surface area contributed by atoms with Gasteiger partial charge in [0.15, 0.2) is 0 Å². The zero-order chi connectivity index (χ0) is 26.9. The fourth-order valence-corrected chi connectivity index (χ4v) is 5.77. The van der Waals surface area contributed by atoms with Gasteiger partial charge in [-0.05, 0) is 57.8 Å². The highest BCUT2D eigenvalue weighted by Gasteiger charge is 2.34. The second-order valence-electron chi connectivity index (χ2n) is 8.76. The molecular weight excluding hydrogens is 529 g/mol. The van der Waals surface area contributed by atoms with Crippen LogP contribution in [0.2, 0.25) is 0 Å². The molecule has 2 amide bonds. The normalized spacial score (nSPS) is 15.1. The van der Waals surface area contributed by atoms with Gasteiger partial charge in [-0.2, -0.15) is 13.2 Å². The van der Waals surface area contributed by atoms with Crippen LogP contribution >= 0.6 is 24.0 Å². The van der Waals surface area contributed by atoms with Crippen molar-refractivity contribution in [3.05, 3.63) is 94.9 Å². The average Bonchev–Trinajstić information content (AvgIpc) is 3.15. The predicted molar refractivity (Wildman–Crippen MR) is 151 cm³/mol. The molecule has 4 aromatic rings. The fraction of sp³-hybridized carbons (Fsp3) is 0.138. The van der Waals surface area contributed by atoms with Gasteiger partial charge in [0.05, 0.1) is 16.2 Å². The SMILES string of the molecule is O=C(CCCN1C(=O)/C(=C/c2c3ccccc3cc3ccccc23)SC1=S)Nc1ccccc1C(F)(F)F. The third-order valence-corrected chi connectivity index (χ3v) is 7.63. The first-order valence-corrected chi connectivity index (χ1v) is 13.1. The van der Waals surface area contributed by atoms with E-state index in [-0.39, 0.29) is 31.0 Å². The first kappa shape index (κ1) is 25.9. The number of nitrogens with zero attached hydrogens (tertiary/aromatic N) is 1. The number of thiocarbonyl (C=S) groups is 1. The van der Waals surface area contributed by atoms with Gasteiger partial charge in [0.1, 0.15) is 4.32 Å². The monoisotopic (exact) mass is 550 g/mol. The Morgan fingerprint density at radius 3 is 2.21 bits per heavy atom. The van der Waals surface area contributed by atoms with Crippen molar-refractivity contribution in [1.29, 1.82) is 0 Å². The Kier molecular flexibility index (Phi) is 7.23. The summed E-state index contributed by atoms with van der Waals surface area (Å²) < 4.78 is 40.0. The molecule has 9 heteroatoms. The number of rotatable bonds is 6. The Hall–Kier alpha value is -3.69. The molecule has 0 bridgehead atoms. The average molecular weight is 551 g/mol. The van der Waals surface area contributed by atoms with Gasteiger partial charge in [0.2, 0.25) is 5.91 Å². The van der Waals surface area contributed by atoms with Crippen LogP contribution in [-0.2, 0) is 15.8 Å². The van der Waals surface area contributed by atoms with Gasteiger partial charge in [0, 0.05) is 13.0 Å². The van der Waals surface area contributed by atoms with Crippen molar-refractivity contribution < 1.29 is 22.8 Å². The number of hydrogen-bond acceptors (Lipinski definition) is 4. The topological polar surface area (TPSA) is 49.4 Å². The van der Waals surface area contributed by atoms with E-state index >= 15 is 0 Å². The lowest BCUT2D eigenvalue weighted by atomic mass is 9.96. The van der Waals surface area contributed by atoms with Crippen molar-refractivity contribution in [2.45, 2.75) is 19.0 Å². The molecule has 4 aromatic carbocycles. The van der Waals surface area contributed by atoms with Gasteiger partial charge in [-0.15, -0.1) is 0 Å². The van der Waals surface area contributed by atoms with Crippen molar-refractivity contribution in [1.82, 2.24) is 4.90 Å². The molecule has 0 radical (unpaired) electrons. The summed E-state index contributed by atoms with van der Waals surface area (Å²) >= 11 is 6.65. The van der Waals surface area contributed by atoms with E-state index < -0.39 is 17.6 Å². The molecule has 0 aliphatic carbocycles. The lowest BCUT2D eigenvalue weighted by Crippen LogP contribution is -2.29. The molecule has 0 unspecified atom stereocenters. The van der Waals surface area contributed by atoms with Crippen LogP contribution < -0.4 is 5.32 Å². The molecule has 0 aromatic heterocycles. The molecule has 0 spiro atoms. The number of fused-ring (bicyclic) bond motifs is 2. The minimum atomic E-state index is -4.58. The van der Waals surface area contributed by atoms with Crippen molar-refractivity contribution >= 4 is 73.4 Å². The number of alkyl halides is 3. The molecule has 38 heavy (non-hydrogen) atoms. The summed E-state index contributed by atoms with van der Waals surface area (Å²) in [5.74, 6) is -0.815. The molecule has 5 rings (SSSR count). The summed E-state index contributed by atoms with van der Waals surface area (Å²) in [6.07, 6.45) is -2.52. The third-order valence-electron chi connectivity index (χ3n) is 6.25. The number of nitrogens with one attached hydrogen (secondary N) is 1. The van der Waals surface area contributed by atoms with Crippen LogP contribution in [0.1, 0.15) is 24.0 Å². The van der Waals surface area contributed by atoms with E-state index in [9.17, 15) is 22.8 Å². The summed E-state index contributed by atoms with van der Waals surface area (Å²) in [6.45, 7) is 0.187. The molecule has 0 atom stereocenters. The lowest BCUT2D eigenvalue weighted by Gasteiger charge is -2.15. The van der Waals surface area contributed by atoms with Crippen LogP contribution in [0.4, 0.5) is 18.9 Å². The summed E-state index contributed by atoms with van der Waals surface area (Å²) in [4.78, 5) is 27.5. The van der Waals surface area contributed by atoms with Gasteiger partial charge in [-0.1, -0.05) is 84.6 Å². The molecule has 1 saturated heterocycles. The van der Waals surface area contributed by atoms with E-state index in [0.29, 0.717) is 9.23 Å². The number of para-hydroxylation sites is 1. The van der Waals surface area contributed by atoms with Crippen molar-refractivity contribution in [2.75, 3.05) is 11.9 Å². The van der Waals surface area contributed by atoms with Crippen LogP contribution in [0.5, 0.6) is 0 Å². The predicted octanol–water partition coefficient (Wildman–Crippen LogP) is 7.63. The van der Waals surface area contributed by atoms with Crippen molar-refractivity contribution in [2.24, 2.45) is 0 Å². The molecule has 1 heterocycles. The molecule has 1 fully saturated rings. The molecule has 1 aliphatic heterocycles. The molecule has 192 valence electrons. The lowest BCUT2D eigenvalue weighted by molar-refractivity contribution is -0.137. The number of carbonyl (C=O) groups excluding carboxylic acids is 2. The van der Waals surface area contributed by atoms with E-state index in [4.69, 9.17) is 12.2 Å². The zero-order valence-corrected chi connectivity index (χ0v) is 21.6. The standard InChI is InChI=1S/C29H21F3N2O2S2/c30-29(31,32)23-12-5-6-13-24(23)33-26(35)14-7-15-34-27(36)25(38-28(34)37)17-22-20-10-3-1-8-18(20)16-19-9-2-4-11-21(19)22/h1-6,8-13,16-17H,7,14-15H2,(H,33,35)/b25-17-. The second kappa shape index (κ2) is 10.6. The Labute approximate surface area is 226 Å². The number of halogens is 3. The number of thioether (sulfide) groups is 1. The Morgan fingerprint density at radius 2 is 1.55 bits per heavy atom. The fourth-order valence-electron chi connectivity index (χ4n) is 4.48. The van der Waals surface area contributed by atoms with Crippen molar-refractivity contribution in [3.8, 4) is 0 Å².